The van der Waals surface area contributed by atoms with Crippen molar-refractivity contribution in [1.82, 2.24) is 5.32 Å². The molecule has 0 fully saturated rings. The number of benzene rings is 1. The summed E-state index contributed by atoms with van der Waals surface area (Å²) in [7, 11) is 0. The number of thiophene rings is 1. The Labute approximate surface area is 116 Å². The molecular formula is C14H17N3OS. The molecule has 0 aliphatic carbocycles. The lowest BCUT2D eigenvalue weighted by atomic mass is 10.1. The number of nitrogens with one attached hydrogen (secondary N) is 2. The van der Waals surface area contributed by atoms with Crippen LogP contribution in [0.4, 0.5) is 5.69 Å². The molecule has 0 aliphatic heterocycles. The molecule has 2 aromatic rings. The van der Waals surface area contributed by atoms with E-state index in [0.717, 1.165) is 16.8 Å². The Kier molecular flexibility index (Phi) is 4.19. The Morgan fingerprint density at radius 2 is 2.05 bits per heavy atom. The first-order valence-electron chi connectivity index (χ1n) is 5.99. The van der Waals surface area contributed by atoms with E-state index in [0.29, 0.717) is 12.1 Å². The van der Waals surface area contributed by atoms with Crippen LogP contribution in [-0.2, 0) is 6.54 Å². The van der Waals surface area contributed by atoms with Gasteiger partial charge in [0.05, 0.1) is 5.69 Å². The Morgan fingerprint density at radius 3 is 2.63 bits per heavy atom. The summed E-state index contributed by atoms with van der Waals surface area (Å²) in [5.74, 6) is 5.29. The zero-order valence-corrected chi connectivity index (χ0v) is 11.8. The lowest BCUT2D eigenvalue weighted by Gasteiger charge is -2.08. The first kappa shape index (κ1) is 13.6. The second-order valence-electron chi connectivity index (χ2n) is 4.44. The van der Waals surface area contributed by atoms with Gasteiger partial charge in [0, 0.05) is 12.1 Å². The number of hydrogen-bond donors (Lipinski definition) is 3. The normalized spacial score (nSPS) is 10.3. The van der Waals surface area contributed by atoms with Crippen LogP contribution in [0.3, 0.4) is 0 Å². The summed E-state index contributed by atoms with van der Waals surface area (Å²) in [4.78, 5) is 12.0. The van der Waals surface area contributed by atoms with Gasteiger partial charge in [-0.3, -0.25) is 10.6 Å². The Balaban J connectivity index is 2.04. The molecular weight excluding hydrogens is 258 g/mol. The van der Waals surface area contributed by atoms with Gasteiger partial charge >= 0.3 is 0 Å². The third-order valence-electron chi connectivity index (χ3n) is 3.05. The van der Waals surface area contributed by atoms with Crippen LogP contribution in [0.1, 0.15) is 27.0 Å². The van der Waals surface area contributed by atoms with Crippen molar-refractivity contribution in [2.24, 2.45) is 5.84 Å². The predicted molar refractivity (Wildman–Crippen MR) is 79.2 cm³/mol. The van der Waals surface area contributed by atoms with Crippen LogP contribution in [0.5, 0.6) is 0 Å². The summed E-state index contributed by atoms with van der Waals surface area (Å²) in [6.07, 6.45) is 0. The van der Waals surface area contributed by atoms with Gasteiger partial charge in [0.25, 0.3) is 5.91 Å². The molecule has 0 unspecified atom stereocenters. The standard InChI is InChI=1S/C14H17N3OS/c1-9-5-11(3-4-13(9)17-15)14(18)16-6-12-8-19-7-10(12)2/h3-5,7-8,17H,6,15H2,1-2H3,(H,16,18). The van der Waals surface area contributed by atoms with Gasteiger partial charge in [-0.25, -0.2) is 0 Å². The Hall–Kier alpha value is -1.85. The minimum Gasteiger partial charge on any atom is -0.348 e. The smallest absolute Gasteiger partial charge is 0.251 e. The van der Waals surface area contributed by atoms with Crippen LogP contribution in [-0.4, -0.2) is 5.91 Å². The van der Waals surface area contributed by atoms with E-state index in [-0.39, 0.29) is 5.91 Å². The number of carbonyl (C=O) groups is 1. The van der Waals surface area contributed by atoms with Crippen molar-refractivity contribution in [3.8, 4) is 0 Å². The molecule has 1 aromatic heterocycles. The lowest BCUT2D eigenvalue weighted by Crippen LogP contribution is -2.23. The van der Waals surface area contributed by atoms with Gasteiger partial charge in [-0.1, -0.05) is 0 Å². The summed E-state index contributed by atoms with van der Waals surface area (Å²) in [5.41, 5.74) is 7.38. The van der Waals surface area contributed by atoms with Crippen LogP contribution in [0, 0.1) is 13.8 Å². The number of amides is 1. The number of nitrogen functional groups attached to an aromatic ring is 1. The van der Waals surface area contributed by atoms with Gasteiger partial charge in [-0.2, -0.15) is 11.3 Å². The molecule has 19 heavy (non-hydrogen) atoms. The zero-order valence-electron chi connectivity index (χ0n) is 11.0. The van der Waals surface area contributed by atoms with Crippen molar-refractivity contribution >= 4 is 22.9 Å². The number of aryl methyl sites for hydroxylation is 2. The molecule has 0 aliphatic rings. The van der Waals surface area contributed by atoms with Crippen molar-refractivity contribution in [1.29, 1.82) is 0 Å². The molecule has 100 valence electrons. The highest BCUT2D eigenvalue weighted by Gasteiger charge is 2.08. The molecule has 4 N–H and O–H groups in total. The van der Waals surface area contributed by atoms with E-state index >= 15 is 0 Å². The first-order chi connectivity index (χ1) is 9.11. The van der Waals surface area contributed by atoms with Gasteiger partial charge in [-0.05, 0) is 59.5 Å². The topological polar surface area (TPSA) is 67.2 Å². The summed E-state index contributed by atoms with van der Waals surface area (Å²) >= 11 is 1.65. The molecule has 1 amide bonds. The summed E-state index contributed by atoms with van der Waals surface area (Å²) < 4.78 is 0. The third kappa shape index (κ3) is 3.13. The van der Waals surface area contributed by atoms with E-state index < -0.39 is 0 Å². The lowest BCUT2D eigenvalue weighted by molar-refractivity contribution is 0.0951. The number of hydrogen-bond acceptors (Lipinski definition) is 4. The van der Waals surface area contributed by atoms with Crippen LogP contribution in [0.15, 0.2) is 29.0 Å². The number of anilines is 1. The highest BCUT2D eigenvalue weighted by Crippen LogP contribution is 2.16. The highest BCUT2D eigenvalue weighted by molar-refractivity contribution is 7.08. The van der Waals surface area contributed by atoms with Gasteiger partial charge in [0.15, 0.2) is 0 Å². The monoisotopic (exact) mass is 275 g/mol. The fourth-order valence-corrected chi connectivity index (χ4v) is 2.67. The van der Waals surface area contributed by atoms with Crippen molar-refractivity contribution in [2.45, 2.75) is 20.4 Å². The second-order valence-corrected chi connectivity index (χ2v) is 5.18. The van der Waals surface area contributed by atoms with Crippen LogP contribution in [0.25, 0.3) is 0 Å². The molecule has 0 saturated heterocycles. The SMILES string of the molecule is Cc1cscc1CNC(=O)c1ccc(NN)c(C)c1. The van der Waals surface area contributed by atoms with E-state index in [9.17, 15) is 4.79 Å². The second kappa shape index (κ2) is 5.86. The van der Waals surface area contributed by atoms with Gasteiger partial charge < -0.3 is 10.7 Å². The number of nitrogens with two attached hydrogens (primary N) is 1. The van der Waals surface area contributed by atoms with E-state index in [2.05, 4.69) is 21.5 Å². The van der Waals surface area contributed by atoms with E-state index in [1.165, 1.54) is 5.56 Å². The minimum absolute atomic E-state index is 0.0720. The van der Waals surface area contributed by atoms with Gasteiger partial charge in [-0.15, -0.1) is 0 Å². The molecule has 2 rings (SSSR count). The number of hydrazine groups is 1. The fraction of sp³-hybridized carbons (Fsp3) is 0.214. The summed E-state index contributed by atoms with van der Waals surface area (Å²) in [6, 6.07) is 5.39. The molecule has 0 radical (unpaired) electrons. The van der Waals surface area contributed by atoms with E-state index in [1.807, 2.05) is 19.9 Å². The minimum atomic E-state index is -0.0720. The maximum atomic E-state index is 12.0. The fourth-order valence-electron chi connectivity index (χ4n) is 1.81. The van der Waals surface area contributed by atoms with Crippen molar-refractivity contribution < 1.29 is 4.79 Å². The number of rotatable bonds is 4. The zero-order chi connectivity index (χ0) is 13.8. The average Bonchev–Trinajstić information content (AvgIpc) is 2.81. The van der Waals surface area contributed by atoms with Gasteiger partial charge in [0.1, 0.15) is 0 Å². The van der Waals surface area contributed by atoms with Crippen LogP contribution >= 0.6 is 11.3 Å². The molecule has 0 bridgehead atoms. The van der Waals surface area contributed by atoms with Crippen LogP contribution in [0.2, 0.25) is 0 Å². The summed E-state index contributed by atoms with van der Waals surface area (Å²) in [5, 5.41) is 7.06. The summed E-state index contributed by atoms with van der Waals surface area (Å²) in [6.45, 7) is 4.52. The molecule has 0 atom stereocenters. The van der Waals surface area contributed by atoms with E-state index in [4.69, 9.17) is 5.84 Å². The average molecular weight is 275 g/mol. The molecule has 0 spiro atoms. The largest absolute Gasteiger partial charge is 0.348 e. The highest BCUT2D eigenvalue weighted by atomic mass is 32.1. The maximum absolute atomic E-state index is 12.0. The van der Waals surface area contributed by atoms with Crippen molar-refractivity contribution in [3.63, 3.8) is 0 Å². The molecule has 1 aromatic carbocycles. The molecule has 1 heterocycles. The first-order valence-corrected chi connectivity index (χ1v) is 6.93. The quantitative estimate of drug-likeness (QED) is 0.593. The molecule has 4 nitrogen and oxygen atoms in total. The Bertz CT molecular complexity index is 592. The molecule has 0 saturated carbocycles. The van der Waals surface area contributed by atoms with E-state index in [1.54, 1.807) is 23.5 Å². The van der Waals surface area contributed by atoms with Crippen molar-refractivity contribution in [3.05, 3.63) is 51.2 Å². The predicted octanol–water partition coefficient (Wildman–Crippen LogP) is 2.58. The Morgan fingerprint density at radius 1 is 1.26 bits per heavy atom. The third-order valence-corrected chi connectivity index (χ3v) is 3.96. The number of carbonyl (C=O) groups excluding carboxylic acids is 1. The van der Waals surface area contributed by atoms with Crippen LogP contribution < -0.4 is 16.6 Å². The van der Waals surface area contributed by atoms with Gasteiger partial charge in [0.2, 0.25) is 0 Å². The maximum Gasteiger partial charge on any atom is 0.251 e. The van der Waals surface area contributed by atoms with Crippen molar-refractivity contribution in [2.75, 3.05) is 5.43 Å². The molecule has 5 heteroatoms.